The minimum atomic E-state index is -0.167. The molecule has 4 nitrogen and oxygen atoms in total. The fraction of sp³-hybridized carbons (Fsp3) is 0.455. The Morgan fingerprint density at radius 3 is 2.69 bits per heavy atom. The predicted octanol–water partition coefficient (Wildman–Crippen LogP) is 1.43. The van der Waals surface area contributed by atoms with E-state index in [1.54, 1.807) is 7.11 Å². The van der Waals surface area contributed by atoms with Gasteiger partial charge in [0.15, 0.2) is 11.5 Å². The lowest BCUT2D eigenvalue weighted by molar-refractivity contribution is 0.314. The van der Waals surface area contributed by atoms with Crippen LogP contribution in [0.4, 0.5) is 0 Å². The van der Waals surface area contributed by atoms with Gasteiger partial charge in [-0.3, -0.25) is 0 Å². The van der Waals surface area contributed by atoms with Crippen molar-refractivity contribution in [3.63, 3.8) is 0 Å². The predicted molar refractivity (Wildman–Crippen MR) is 68.3 cm³/mol. The topological polar surface area (TPSA) is 70.5 Å². The molecule has 0 radical (unpaired) electrons. The highest BCUT2D eigenvalue weighted by molar-refractivity contribution is 9.09. The molecule has 0 amide bonds. The second-order valence-corrected chi connectivity index (χ2v) is 4.08. The van der Waals surface area contributed by atoms with Gasteiger partial charge in [-0.2, -0.15) is 0 Å². The molecule has 5 heteroatoms. The first-order valence-electron chi connectivity index (χ1n) is 5.05. The van der Waals surface area contributed by atoms with E-state index in [0.717, 1.165) is 16.6 Å². The largest absolute Gasteiger partial charge is 0.493 e. The van der Waals surface area contributed by atoms with E-state index >= 15 is 0 Å². The van der Waals surface area contributed by atoms with Gasteiger partial charge in [-0.1, -0.05) is 22.0 Å². The highest BCUT2D eigenvalue weighted by Crippen LogP contribution is 2.29. The first-order valence-corrected chi connectivity index (χ1v) is 6.17. The maximum Gasteiger partial charge on any atom is 0.161 e. The third kappa shape index (κ3) is 3.37. The normalized spacial score (nSPS) is 12.2. The highest BCUT2D eigenvalue weighted by Gasteiger charge is 2.09. The number of halogens is 1. The van der Waals surface area contributed by atoms with Gasteiger partial charge in [0, 0.05) is 17.9 Å². The molecule has 0 aliphatic heterocycles. The molecular weight excluding hydrogens is 272 g/mol. The number of methoxy groups -OCH3 is 1. The van der Waals surface area contributed by atoms with Crippen LogP contribution in [-0.4, -0.2) is 25.6 Å². The van der Waals surface area contributed by atoms with E-state index < -0.39 is 0 Å². The highest BCUT2D eigenvalue weighted by atomic mass is 79.9. The van der Waals surface area contributed by atoms with Crippen molar-refractivity contribution >= 4 is 15.9 Å². The van der Waals surface area contributed by atoms with Gasteiger partial charge >= 0.3 is 0 Å². The van der Waals surface area contributed by atoms with Crippen LogP contribution in [-0.2, 0) is 0 Å². The SMILES string of the molecule is COc1cc(C(N)CN)ccc1OCCBr. The van der Waals surface area contributed by atoms with Gasteiger partial charge in [0.2, 0.25) is 0 Å². The third-order valence-electron chi connectivity index (χ3n) is 2.20. The fourth-order valence-corrected chi connectivity index (χ4v) is 1.48. The van der Waals surface area contributed by atoms with Crippen LogP contribution >= 0.6 is 15.9 Å². The molecule has 1 rings (SSSR count). The lowest BCUT2D eigenvalue weighted by Gasteiger charge is -2.14. The molecule has 0 heterocycles. The first-order chi connectivity index (χ1) is 7.72. The summed E-state index contributed by atoms with van der Waals surface area (Å²) in [6.07, 6.45) is 0. The van der Waals surface area contributed by atoms with Crippen LogP contribution in [0, 0.1) is 0 Å². The molecule has 0 fully saturated rings. The molecule has 90 valence electrons. The van der Waals surface area contributed by atoms with Crippen molar-refractivity contribution in [1.29, 1.82) is 0 Å². The van der Waals surface area contributed by atoms with Crippen molar-refractivity contribution in [2.45, 2.75) is 6.04 Å². The number of alkyl halides is 1. The van der Waals surface area contributed by atoms with Crippen LogP contribution < -0.4 is 20.9 Å². The second-order valence-electron chi connectivity index (χ2n) is 3.29. The Morgan fingerprint density at radius 2 is 2.12 bits per heavy atom. The van der Waals surface area contributed by atoms with E-state index in [1.807, 2.05) is 18.2 Å². The van der Waals surface area contributed by atoms with Crippen LogP contribution in [0.15, 0.2) is 18.2 Å². The lowest BCUT2D eigenvalue weighted by atomic mass is 10.1. The fourth-order valence-electron chi connectivity index (χ4n) is 1.32. The number of hydrogen-bond acceptors (Lipinski definition) is 4. The van der Waals surface area contributed by atoms with E-state index in [1.165, 1.54) is 0 Å². The minimum Gasteiger partial charge on any atom is -0.493 e. The Balaban J connectivity index is 2.88. The Kier molecular flexibility index (Phi) is 5.59. The molecule has 16 heavy (non-hydrogen) atoms. The van der Waals surface area contributed by atoms with Crippen LogP contribution in [0.1, 0.15) is 11.6 Å². The molecule has 0 saturated carbocycles. The van der Waals surface area contributed by atoms with E-state index in [-0.39, 0.29) is 6.04 Å². The summed E-state index contributed by atoms with van der Waals surface area (Å²) < 4.78 is 10.7. The molecule has 1 aromatic rings. The maximum absolute atomic E-state index is 5.84. The molecule has 4 N–H and O–H groups in total. The molecule has 0 aliphatic rings. The molecule has 1 atom stereocenters. The summed E-state index contributed by atoms with van der Waals surface area (Å²) in [5.41, 5.74) is 12.3. The summed E-state index contributed by atoms with van der Waals surface area (Å²) in [5.74, 6) is 1.40. The zero-order valence-corrected chi connectivity index (χ0v) is 10.9. The van der Waals surface area contributed by atoms with Gasteiger partial charge in [0.1, 0.15) is 0 Å². The van der Waals surface area contributed by atoms with Crippen molar-refractivity contribution in [2.75, 3.05) is 25.6 Å². The van der Waals surface area contributed by atoms with Crippen molar-refractivity contribution in [1.82, 2.24) is 0 Å². The Labute approximate surface area is 104 Å². The number of nitrogens with two attached hydrogens (primary N) is 2. The van der Waals surface area contributed by atoms with Crippen LogP contribution in [0.2, 0.25) is 0 Å². The Hall–Kier alpha value is -0.780. The van der Waals surface area contributed by atoms with Gasteiger partial charge in [0.05, 0.1) is 13.7 Å². The standard InChI is InChI=1S/C11H17BrN2O2/c1-15-11-6-8(9(14)7-13)2-3-10(11)16-5-4-12/h2-3,6,9H,4-5,7,13-14H2,1H3. The molecule has 0 aromatic heterocycles. The summed E-state index contributed by atoms with van der Waals surface area (Å²) in [5, 5.41) is 0.778. The molecule has 0 spiro atoms. The molecule has 0 aliphatic carbocycles. The van der Waals surface area contributed by atoms with Crippen LogP contribution in [0.25, 0.3) is 0 Å². The Morgan fingerprint density at radius 1 is 1.38 bits per heavy atom. The zero-order chi connectivity index (χ0) is 12.0. The summed E-state index contributed by atoms with van der Waals surface area (Å²) in [7, 11) is 1.61. The van der Waals surface area contributed by atoms with Crippen molar-refractivity contribution in [3.8, 4) is 11.5 Å². The quantitative estimate of drug-likeness (QED) is 0.777. The van der Waals surface area contributed by atoms with Crippen molar-refractivity contribution in [3.05, 3.63) is 23.8 Å². The van der Waals surface area contributed by atoms with Crippen molar-refractivity contribution < 1.29 is 9.47 Å². The number of ether oxygens (including phenoxy) is 2. The molecular formula is C11H17BrN2O2. The zero-order valence-electron chi connectivity index (χ0n) is 9.28. The molecule has 0 saturated heterocycles. The van der Waals surface area contributed by atoms with E-state index in [4.69, 9.17) is 20.9 Å². The summed E-state index contributed by atoms with van der Waals surface area (Å²) in [4.78, 5) is 0. The minimum absolute atomic E-state index is 0.167. The van der Waals surface area contributed by atoms with E-state index in [2.05, 4.69) is 15.9 Å². The summed E-state index contributed by atoms with van der Waals surface area (Å²) in [6.45, 7) is 1.00. The van der Waals surface area contributed by atoms with Crippen LogP contribution in [0.5, 0.6) is 11.5 Å². The van der Waals surface area contributed by atoms with Gasteiger partial charge in [0.25, 0.3) is 0 Å². The molecule has 1 unspecified atom stereocenters. The smallest absolute Gasteiger partial charge is 0.161 e. The summed E-state index contributed by atoms with van der Waals surface area (Å²) in [6, 6.07) is 5.45. The number of rotatable bonds is 6. The van der Waals surface area contributed by atoms with E-state index in [0.29, 0.717) is 18.9 Å². The van der Waals surface area contributed by atoms with Crippen LogP contribution in [0.3, 0.4) is 0 Å². The van der Waals surface area contributed by atoms with Gasteiger partial charge in [-0.25, -0.2) is 0 Å². The second kappa shape index (κ2) is 6.73. The van der Waals surface area contributed by atoms with Crippen molar-refractivity contribution in [2.24, 2.45) is 11.5 Å². The maximum atomic E-state index is 5.84. The van der Waals surface area contributed by atoms with Gasteiger partial charge < -0.3 is 20.9 Å². The summed E-state index contributed by atoms with van der Waals surface area (Å²) >= 11 is 3.30. The third-order valence-corrected chi connectivity index (χ3v) is 2.53. The van der Waals surface area contributed by atoms with Gasteiger partial charge in [-0.15, -0.1) is 0 Å². The van der Waals surface area contributed by atoms with Gasteiger partial charge in [-0.05, 0) is 17.7 Å². The van der Waals surface area contributed by atoms with E-state index in [9.17, 15) is 0 Å². The average Bonchev–Trinajstić information content (AvgIpc) is 2.35. The average molecular weight is 289 g/mol. The number of benzene rings is 1. The molecule has 1 aromatic carbocycles. The molecule has 0 bridgehead atoms. The monoisotopic (exact) mass is 288 g/mol. The Bertz CT molecular complexity index is 334. The first kappa shape index (κ1) is 13.3. The number of hydrogen-bond donors (Lipinski definition) is 2. The lowest BCUT2D eigenvalue weighted by Crippen LogP contribution is -2.20.